The number of hydrogen-bond donors (Lipinski definition) is 0. The van der Waals surface area contributed by atoms with Crippen LogP contribution >= 0.6 is 15.9 Å². The minimum Gasteiger partial charge on any atom is -0.364 e. The summed E-state index contributed by atoms with van der Waals surface area (Å²) in [5, 5.41) is 9.25. The molecule has 0 amide bonds. The van der Waals surface area contributed by atoms with Gasteiger partial charge in [-0.15, -0.1) is 10.2 Å². The molecule has 0 saturated heterocycles. The van der Waals surface area contributed by atoms with Crippen molar-refractivity contribution in [3.8, 4) is 0 Å². The minimum atomic E-state index is -0.101. The van der Waals surface area contributed by atoms with Crippen LogP contribution in [0, 0.1) is 0 Å². The summed E-state index contributed by atoms with van der Waals surface area (Å²) in [5.41, 5.74) is -0.101. The van der Waals surface area contributed by atoms with Crippen LogP contribution in [0.4, 0.5) is 0 Å². The molecule has 1 aromatic rings. The standard InChI is InChI=1S/C16H23BrN4/c1-16(2,20-9-8-12(17)10-20)15-19-18-14(11-4-3-5-11)21(15)13-6-7-13/h8-9,11-13H,3-7,10H2,1-2H3. The minimum absolute atomic E-state index is 0.101. The van der Waals surface area contributed by atoms with E-state index in [9.17, 15) is 0 Å². The van der Waals surface area contributed by atoms with Gasteiger partial charge in [-0.1, -0.05) is 28.4 Å². The van der Waals surface area contributed by atoms with Crippen LogP contribution in [0.2, 0.25) is 0 Å². The van der Waals surface area contributed by atoms with Gasteiger partial charge in [0.1, 0.15) is 5.82 Å². The molecular weight excluding hydrogens is 328 g/mol. The van der Waals surface area contributed by atoms with Crippen LogP contribution in [-0.2, 0) is 5.54 Å². The van der Waals surface area contributed by atoms with Crippen molar-refractivity contribution in [1.29, 1.82) is 0 Å². The fourth-order valence-electron chi connectivity index (χ4n) is 3.41. The summed E-state index contributed by atoms with van der Waals surface area (Å²) < 4.78 is 2.49. The first-order chi connectivity index (χ1) is 10.1. The summed E-state index contributed by atoms with van der Waals surface area (Å²) in [7, 11) is 0. The van der Waals surface area contributed by atoms with E-state index in [1.54, 1.807) is 0 Å². The van der Waals surface area contributed by atoms with Gasteiger partial charge >= 0.3 is 0 Å². The number of halogens is 1. The zero-order chi connectivity index (χ0) is 14.6. The Morgan fingerprint density at radius 3 is 2.48 bits per heavy atom. The van der Waals surface area contributed by atoms with Gasteiger partial charge in [0.15, 0.2) is 5.82 Å². The monoisotopic (exact) mass is 350 g/mol. The maximum atomic E-state index is 4.64. The molecule has 0 bridgehead atoms. The Bertz CT molecular complexity index is 569. The van der Waals surface area contributed by atoms with E-state index < -0.39 is 0 Å². The molecule has 3 aliphatic rings. The highest BCUT2D eigenvalue weighted by molar-refractivity contribution is 9.09. The topological polar surface area (TPSA) is 34.0 Å². The lowest BCUT2D eigenvalue weighted by molar-refractivity contribution is 0.183. The van der Waals surface area contributed by atoms with Gasteiger partial charge in [0, 0.05) is 18.5 Å². The molecule has 2 saturated carbocycles. The number of nitrogens with zero attached hydrogens (tertiary/aromatic N) is 4. The van der Waals surface area contributed by atoms with Gasteiger partial charge in [0.25, 0.3) is 0 Å². The molecule has 4 rings (SSSR count). The van der Waals surface area contributed by atoms with Gasteiger partial charge < -0.3 is 9.47 Å². The third-order valence-corrected chi connectivity index (χ3v) is 5.81. The Balaban J connectivity index is 1.70. The highest BCUT2D eigenvalue weighted by atomic mass is 79.9. The second-order valence-corrected chi connectivity index (χ2v) is 8.36. The molecule has 4 nitrogen and oxygen atoms in total. The van der Waals surface area contributed by atoms with Crippen molar-refractivity contribution < 1.29 is 0 Å². The van der Waals surface area contributed by atoms with Gasteiger partial charge in [0.05, 0.1) is 10.4 Å². The lowest BCUT2D eigenvalue weighted by atomic mass is 9.84. The highest BCUT2D eigenvalue weighted by Crippen LogP contribution is 2.45. The van der Waals surface area contributed by atoms with E-state index in [1.807, 2.05) is 0 Å². The molecule has 5 heteroatoms. The molecule has 2 heterocycles. The predicted molar refractivity (Wildman–Crippen MR) is 86.5 cm³/mol. The molecule has 1 atom stereocenters. The first-order valence-corrected chi connectivity index (χ1v) is 9.03. The molecule has 0 N–H and O–H groups in total. The summed E-state index contributed by atoms with van der Waals surface area (Å²) in [5.74, 6) is 3.06. The van der Waals surface area contributed by atoms with Crippen LogP contribution in [0.25, 0.3) is 0 Å². The van der Waals surface area contributed by atoms with E-state index >= 15 is 0 Å². The average molecular weight is 351 g/mol. The lowest BCUT2D eigenvalue weighted by Gasteiger charge is -2.36. The average Bonchev–Trinajstić information content (AvgIpc) is 2.96. The van der Waals surface area contributed by atoms with E-state index in [0.29, 0.717) is 16.8 Å². The second-order valence-electron chi connectivity index (χ2n) is 7.18. The van der Waals surface area contributed by atoms with Crippen molar-refractivity contribution in [2.45, 2.75) is 68.3 Å². The fourth-order valence-corrected chi connectivity index (χ4v) is 3.86. The zero-order valence-electron chi connectivity index (χ0n) is 12.8. The van der Waals surface area contributed by atoms with Crippen LogP contribution in [0.3, 0.4) is 0 Å². The van der Waals surface area contributed by atoms with Crippen molar-refractivity contribution in [1.82, 2.24) is 19.7 Å². The zero-order valence-corrected chi connectivity index (χ0v) is 14.4. The molecule has 0 radical (unpaired) electrons. The van der Waals surface area contributed by atoms with Gasteiger partial charge in [0.2, 0.25) is 0 Å². The van der Waals surface area contributed by atoms with E-state index in [2.05, 4.69) is 61.7 Å². The van der Waals surface area contributed by atoms with E-state index in [4.69, 9.17) is 0 Å². The van der Waals surface area contributed by atoms with Crippen LogP contribution in [0.5, 0.6) is 0 Å². The third kappa shape index (κ3) is 2.24. The maximum absolute atomic E-state index is 4.64. The Kier molecular flexibility index (Phi) is 3.18. The lowest BCUT2D eigenvalue weighted by Crippen LogP contribution is -2.40. The summed E-state index contributed by atoms with van der Waals surface area (Å²) in [6.45, 7) is 5.55. The van der Waals surface area contributed by atoms with Crippen molar-refractivity contribution in [3.63, 3.8) is 0 Å². The second kappa shape index (κ2) is 4.83. The van der Waals surface area contributed by atoms with Crippen molar-refractivity contribution in [2.75, 3.05) is 6.54 Å². The molecule has 21 heavy (non-hydrogen) atoms. The summed E-state index contributed by atoms with van der Waals surface area (Å²) >= 11 is 3.68. The van der Waals surface area contributed by atoms with Crippen LogP contribution in [-0.4, -0.2) is 31.0 Å². The fraction of sp³-hybridized carbons (Fsp3) is 0.750. The Hall–Kier alpha value is -0.840. The molecule has 1 aliphatic heterocycles. The van der Waals surface area contributed by atoms with Gasteiger partial charge in [-0.2, -0.15) is 0 Å². The van der Waals surface area contributed by atoms with Gasteiger partial charge in [-0.05, 0) is 45.7 Å². The number of rotatable bonds is 4. The number of hydrogen-bond acceptors (Lipinski definition) is 3. The van der Waals surface area contributed by atoms with Crippen LogP contribution < -0.4 is 0 Å². The van der Waals surface area contributed by atoms with E-state index in [-0.39, 0.29) is 5.54 Å². The molecule has 2 fully saturated rings. The van der Waals surface area contributed by atoms with Crippen molar-refractivity contribution >= 4 is 15.9 Å². The first-order valence-electron chi connectivity index (χ1n) is 8.12. The molecule has 2 aliphatic carbocycles. The summed E-state index contributed by atoms with van der Waals surface area (Å²) in [6.07, 6.45) is 10.9. The van der Waals surface area contributed by atoms with Gasteiger partial charge in [-0.25, -0.2) is 0 Å². The summed E-state index contributed by atoms with van der Waals surface area (Å²) in [4.78, 5) is 2.83. The number of aromatic nitrogens is 3. The van der Waals surface area contributed by atoms with Crippen molar-refractivity contribution in [3.05, 3.63) is 23.9 Å². The molecule has 1 unspecified atom stereocenters. The smallest absolute Gasteiger partial charge is 0.158 e. The van der Waals surface area contributed by atoms with Crippen LogP contribution in [0.15, 0.2) is 12.3 Å². The Morgan fingerprint density at radius 2 is 1.95 bits per heavy atom. The van der Waals surface area contributed by atoms with Gasteiger partial charge in [-0.3, -0.25) is 0 Å². The predicted octanol–water partition coefficient (Wildman–Crippen LogP) is 3.71. The SMILES string of the molecule is CC(C)(c1nnc(C2CCC2)n1C1CC1)N1C=CC(Br)C1. The Morgan fingerprint density at radius 1 is 1.19 bits per heavy atom. The Labute approximate surface area is 134 Å². The largest absolute Gasteiger partial charge is 0.364 e. The highest BCUT2D eigenvalue weighted by Gasteiger charge is 2.41. The van der Waals surface area contributed by atoms with Crippen molar-refractivity contribution in [2.24, 2.45) is 0 Å². The molecule has 114 valence electrons. The third-order valence-electron chi connectivity index (χ3n) is 5.22. The van der Waals surface area contributed by atoms with E-state index in [0.717, 1.165) is 12.4 Å². The first kappa shape index (κ1) is 13.8. The quantitative estimate of drug-likeness (QED) is 0.776. The number of alkyl halides is 1. The normalized spacial score (nSPS) is 26.4. The van der Waals surface area contributed by atoms with E-state index in [1.165, 1.54) is 37.9 Å². The van der Waals surface area contributed by atoms with Crippen LogP contribution in [0.1, 0.15) is 69.6 Å². The molecular formula is C16H23BrN4. The maximum Gasteiger partial charge on any atom is 0.158 e. The molecule has 0 spiro atoms. The molecule has 0 aromatic carbocycles. The molecule has 1 aromatic heterocycles. The summed E-state index contributed by atoms with van der Waals surface area (Å²) in [6, 6.07) is 0.649.